The van der Waals surface area contributed by atoms with Crippen molar-refractivity contribution in [3.8, 4) is 5.88 Å². The Bertz CT molecular complexity index is 490. The number of rotatable bonds is 5. The molecule has 0 aromatic carbocycles. The zero-order valence-electron chi connectivity index (χ0n) is 14.9. The van der Waals surface area contributed by atoms with Crippen LogP contribution in [0.4, 0.5) is 0 Å². The first-order valence-electron chi connectivity index (χ1n) is 8.73. The van der Waals surface area contributed by atoms with Crippen LogP contribution in [0.15, 0.2) is 23.3 Å². The van der Waals surface area contributed by atoms with Crippen LogP contribution in [-0.4, -0.2) is 41.6 Å². The van der Waals surface area contributed by atoms with Crippen molar-refractivity contribution in [2.45, 2.75) is 53.2 Å². The van der Waals surface area contributed by atoms with Gasteiger partial charge in [0.1, 0.15) is 0 Å². The van der Waals surface area contributed by atoms with Gasteiger partial charge in [0.2, 0.25) is 5.88 Å². The normalized spacial score (nSPS) is 16.7. The Morgan fingerprint density at radius 3 is 2.70 bits per heavy atom. The van der Waals surface area contributed by atoms with Crippen LogP contribution in [0.5, 0.6) is 5.88 Å². The summed E-state index contributed by atoms with van der Waals surface area (Å²) < 4.78 is 5.57. The lowest BCUT2D eigenvalue weighted by Gasteiger charge is -2.33. The third kappa shape index (κ3) is 5.73. The highest BCUT2D eigenvalue weighted by atomic mass is 16.5. The largest absolute Gasteiger partial charge is 0.475 e. The minimum atomic E-state index is 0.147. The number of hydrogen-bond acceptors (Lipinski definition) is 3. The molecule has 128 valence electrons. The number of aliphatic imine (C=N–C) groups is 1. The number of aromatic nitrogens is 1. The van der Waals surface area contributed by atoms with Gasteiger partial charge in [-0.25, -0.2) is 9.98 Å². The molecule has 1 aromatic heterocycles. The van der Waals surface area contributed by atoms with Crippen molar-refractivity contribution in [1.82, 2.24) is 15.2 Å². The van der Waals surface area contributed by atoms with E-state index in [0.717, 1.165) is 37.1 Å². The first kappa shape index (κ1) is 17.6. The summed E-state index contributed by atoms with van der Waals surface area (Å²) in [5, 5.41) is 3.41. The van der Waals surface area contributed by atoms with Crippen molar-refractivity contribution in [3.63, 3.8) is 0 Å². The summed E-state index contributed by atoms with van der Waals surface area (Å²) in [5.41, 5.74) is 1.10. The van der Waals surface area contributed by atoms with Crippen molar-refractivity contribution in [1.29, 1.82) is 0 Å². The lowest BCUT2D eigenvalue weighted by molar-refractivity contribution is 0.232. The van der Waals surface area contributed by atoms with E-state index in [2.05, 4.69) is 29.0 Å². The molecule has 0 spiro atoms. The maximum atomic E-state index is 5.57. The van der Waals surface area contributed by atoms with Crippen LogP contribution in [0.1, 0.15) is 46.1 Å². The number of guanidine groups is 1. The van der Waals surface area contributed by atoms with Crippen LogP contribution in [0.3, 0.4) is 0 Å². The van der Waals surface area contributed by atoms with E-state index in [1.807, 2.05) is 32.2 Å². The summed E-state index contributed by atoms with van der Waals surface area (Å²) in [6, 6.07) is 3.95. The van der Waals surface area contributed by atoms with Gasteiger partial charge in [-0.3, -0.25) is 0 Å². The Morgan fingerprint density at radius 2 is 2.13 bits per heavy atom. The lowest BCUT2D eigenvalue weighted by Crippen LogP contribution is -2.45. The second-order valence-electron chi connectivity index (χ2n) is 6.51. The Labute approximate surface area is 140 Å². The molecule has 1 saturated heterocycles. The number of piperidine rings is 1. The highest BCUT2D eigenvalue weighted by Crippen LogP contribution is 2.16. The molecule has 1 aromatic rings. The average molecular weight is 318 g/mol. The van der Waals surface area contributed by atoms with Gasteiger partial charge in [0, 0.05) is 31.9 Å². The molecule has 0 bridgehead atoms. The topological polar surface area (TPSA) is 49.8 Å². The highest BCUT2D eigenvalue weighted by Gasteiger charge is 2.18. The molecule has 0 radical (unpaired) electrons. The van der Waals surface area contributed by atoms with Gasteiger partial charge in [-0.1, -0.05) is 13.0 Å². The van der Waals surface area contributed by atoms with Crippen molar-refractivity contribution in [2.75, 3.05) is 19.6 Å². The van der Waals surface area contributed by atoms with E-state index in [9.17, 15) is 0 Å². The Morgan fingerprint density at radius 1 is 1.39 bits per heavy atom. The van der Waals surface area contributed by atoms with E-state index >= 15 is 0 Å². The number of ether oxygens (including phenoxy) is 1. The van der Waals surface area contributed by atoms with E-state index in [1.165, 1.54) is 12.8 Å². The predicted octanol–water partition coefficient (Wildman–Crippen LogP) is 3.07. The van der Waals surface area contributed by atoms with Gasteiger partial charge in [0.25, 0.3) is 0 Å². The summed E-state index contributed by atoms with van der Waals surface area (Å²) in [6.07, 6.45) is 4.48. The summed E-state index contributed by atoms with van der Waals surface area (Å²) in [5.74, 6) is 2.51. The van der Waals surface area contributed by atoms with Crippen molar-refractivity contribution in [3.05, 3.63) is 23.9 Å². The predicted molar refractivity (Wildman–Crippen MR) is 94.8 cm³/mol. The van der Waals surface area contributed by atoms with Crippen LogP contribution < -0.4 is 10.1 Å². The fourth-order valence-corrected chi connectivity index (χ4v) is 2.63. The van der Waals surface area contributed by atoms with Crippen LogP contribution in [0.25, 0.3) is 0 Å². The molecule has 1 fully saturated rings. The molecular weight excluding hydrogens is 288 g/mol. The van der Waals surface area contributed by atoms with Crippen molar-refractivity contribution in [2.24, 2.45) is 10.9 Å². The van der Waals surface area contributed by atoms with E-state index in [1.54, 1.807) is 0 Å². The van der Waals surface area contributed by atoms with E-state index in [-0.39, 0.29) is 6.10 Å². The van der Waals surface area contributed by atoms with E-state index in [4.69, 9.17) is 9.73 Å². The molecule has 0 unspecified atom stereocenters. The third-order valence-electron chi connectivity index (χ3n) is 3.98. The Kier molecular flexibility index (Phi) is 6.68. The quantitative estimate of drug-likeness (QED) is 0.669. The molecule has 0 atom stereocenters. The SMILES string of the molecule is CCNC(=NCc1ccc(OC(C)C)nc1)N1CCC(C)CC1. The highest BCUT2D eigenvalue weighted by molar-refractivity contribution is 5.80. The molecule has 23 heavy (non-hydrogen) atoms. The smallest absolute Gasteiger partial charge is 0.213 e. The molecule has 0 amide bonds. The maximum absolute atomic E-state index is 5.57. The van der Waals surface area contributed by atoms with Crippen LogP contribution >= 0.6 is 0 Å². The number of nitrogens with zero attached hydrogens (tertiary/aromatic N) is 3. The second kappa shape index (κ2) is 8.75. The van der Waals surface area contributed by atoms with Crippen LogP contribution in [-0.2, 0) is 6.54 Å². The lowest BCUT2D eigenvalue weighted by atomic mass is 10.00. The Hall–Kier alpha value is -1.78. The zero-order chi connectivity index (χ0) is 16.7. The molecule has 1 N–H and O–H groups in total. The first-order valence-corrected chi connectivity index (χ1v) is 8.73. The molecule has 5 nitrogen and oxygen atoms in total. The fourth-order valence-electron chi connectivity index (χ4n) is 2.63. The molecule has 0 aliphatic carbocycles. The van der Waals surface area contributed by atoms with Gasteiger partial charge in [-0.2, -0.15) is 0 Å². The monoisotopic (exact) mass is 318 g/mol. The van der Waals surface area contributed by atoms with E-state index < -0.39 is 0 Å². The summed E-state index contributed by atoms with van der Waals surface area (Å²) in [6.45, 7) is 12.2. The molecule has 5 heteroatoms. The molecule has 1 aliphatic heterocycles. The molecule has 0 saturated carbocycles. The zero-order valence-corrected chi connectivity index (χ0v) is 14.9. The third-order valence-corrected chi connectivity index (χ3v) is 3.98. The van der Waals surface area contributed by atoms with Gasteiger partial charge in [0.05, 0.1) is 12.6 Å². The molecule has 2 heterocycles. The van der Waals surface area contributed by atoms with Gasteiger partial charge < -0.3 is 15.0 Å². The second-order valence-corrected chi connectivity index (χ2v) is 6.51. The van der Waals surface area contributed by atoms with Gasteiger partial charge in [-0.15, -0.1) is 0 Å². The number of likely N-dealkylation sites (tertiary alicyclic amines) is 1. The standard InChI is InChI=1S/C18H30N4O/c1-5-19-18(22-10-8-15(4)9-11-22)21-13-16-6-7-17(20-12-16)23-14(2)3/h6-7,12,14-15H,5,8-11,13H2,1-4H3,(H,19,21). The molecular formula is C18H30N4O. The molecule has 2 rings (SSSR count). The summed E-state index contributed by atoms with van der Waals surface area (Å²) in [7, 11) is 0. The minimum absolute atomic E-state index is 0.147. The van der Waals surface area contributed by atoms with Crippen molar-refractivity contribution < 1.29 is 4.74 Å². The van der Waals surface area contributed by atoms with E-state index in [0.29, 0.717) is 12.4 Å². The average Bonchev–Trinajstić information content (AvgIpc) is 2.53. The van der Waals surface area contributed by atoms with Crippen LogP contribution in [0.2, 0.25) is 0 Å². The number of pyridine rings is 1. The van der Waals surface area contributed by atoms with Crippen molar-refractivity contribution >= 4 is 5.96 Å². The first-order chi connectivity index (χ1) is 11.1. The minimum Gasteiger partial charge on any atom is -0.475 e. The summed E-state index contributed by atoms with van der Waals surface area (Å²) in [4.78, 5) is 11.5. The summed E-state index contributed by atoms with van der Waals surface area (Å²) >= 11 is 0. The number of nitrogens with one attached hydrogen (secondary N) is 1. The molecule has 1 aliphatic rings. The van der Waals surface area contributed by atoms with Gasteiger partial charge in [0.15, 0.2) is 5.96 Å². The fraction of sp³-hybridized carbons (Fsp3) is 0.667. The Balaban J connectivity index is 1.96. The van der Waals surface area contributed by atoms with Gasteiger partial charge >= 0.3 is 0 Å². The maximum Gasteiger partial charge on any atom is 0.213 e. The number of hydrogen-bond donors (Lipinski definition) is 1. The van der Waals surface area contributed by atoms with Crippen LogP contribution in [0, 0.1) is 5.92 Å². The van der Waals surface area contributed by atoms with Gasteiger partial charge in [-0.05, 0) is 45.1 Å².